The third-order valence-corrected chi connectivity index (χ3v) is 3.44. The van der Waals surface area contributed by atoms with Gasteiger partial charge in [-0.05, 0) is 24.7 Å². The molecule has 2 rings (SSSR count). The normalized spacial score (nSPS) is 16.4. The minimum atomic E-state index is -0.297. The van der Waals surface area contributed by atoms with Crippen molar-refractivity contribution < 1.29 is 9.18 Å². The largest absolute Gasteiger partial charge is 0.376 e. The maximum Gasteiger partial charge on any atom is 0.241 e. The quantitative estimate of drug-likeness (QED) is 0.894. The molecule has 0 spiro atoms. The predicted octanol–water partition coefficient (Wildman–Crippen LogP) is 1.40. The molecule has 19 heavy (non-hydrogen) atoms. The van der Waals surface area contributed by atoms with Gasteiger partial charge in [0.2, 0.25) is 5.91 Å². The topological polar surface area (TPSA) is 35.6 Å². The molecule has 0 unspecified atom stereocenters. The summed E-state index contributed by atoms with van der Waals surface area (Å²) in [6.45, 7) is 6.79. The fourth-order valence-corrected chi connectivity index (χ4v) is 2.20. The maximum absolute atomic E-state index is 13.0. The summed E-state index contributed by atoms with van der Waals surface area (Å²) in [6.07, 6.45) is 0. The van der Waals surface area contributed by atoms with E-state index in [-0.39, 0.29) is 18.3 Å². The van der Waals surface area contributed by atoms with Crippen molar-refractivity contribution in [3.63, 3.8) is 0 Å². The predicted molar refractivity (Wildman–Crippen MR) is 73.6 cm³/mol. The van der Waals surface area contributed by atoms with Crippen molar-refractivity contribution in [3.05, 3.63) is 30.1 Å². The van der Waals surface area contributed by atoms with Crippen molar-refractivity contribution in [1.82, 2.24) is 9.80 Å². The van der Waals surface area contributed by atoms with Crippen LogP contribution in [0.4, 0.5) is 10.1 Å². The first-order valence-corrected chi connectivity index (χ1v) is 6.68. The van der Waals surface area contributed by atoms with E-state index in [1.807, 2.05) is 4.90 Å². The number of rotatable bonds is 4. The first-order chi connectivity index (χ1) is 9.19. The van der Waals surface area contributed by atoms with Crippen molar-refractivity contribution in [3.8, 4) is 0 Å². The van der Waals surface area contributed by atoms with Crippen LogP contribution >= 0.6 is 0 Å². The number of likely N-dealkylation sites (N-methyl/N-ethyl adjacent to an activating group) is 1. The van der Waals surface area contributed by atoms with Gasteiger partial charge in [-0.15, -0.1) is 0 Å². The third-order valence-electron chi connectivity index (χ3n) is 3.44. The van der Waals surface area contributed by atoms with Crippen LogP contribution in [0.1, 0.15) is 6.92 Å². The van der Waals surface area contributed by atoms with E-state index in [4.69, 9.17) is 0 Å². The van der Waals surface area contributed by atoms with Gasteiger partial charge in [0.25, 0.3) is 0 Å². The van der Waals surface area contributed by atoms with E-state index in [2.05, 4.69) is 17.1 Å². The molecular formula is C14H20FN3O. The van der Waals surface area contributed by atoms with Gasteiger partial charge in [0, 0.05) is 31.9 Å². The number of piperazine rings is 1. The number of nitrogens with one attached hydrogen (secondary N) is 1. The smallest absolute Gasteiger partial charge is 0.241 e. The molecule has 1 fully saturated rings. The Bertz CT molecular complexity index is 430. The fraction of sp³-hybridized carbons (Fsp3) is 0.500. The summed E-state index contributed by atoms with van der Waals surface area (Å²) in [5.74, 6) is -0.228. The van der Waals surface area contributed by atoms with Gasteiger partial charge >= 0.3 is 0 Å². The Hall–Kier alpha value is -1.62. The van der Waals surface area contributed by atoms with Gasteiger partial charge in [0.1, 0.15) is 5.82 Å². The summed E-state index contributed by atoms with van der Waals surface area (Å²) >= 11 is 0. The summed E-state index contributed by atoms with van der Waals surface area (Å²) < 4.78 is 13.0. The minimum absolute atomic E-state index is 0.0695. The Morgan fingerprint density at radius 3 is 2.68 bits per heavy atom. The van der Waals surface area contributed by atoms with Gasteiger partial charge < -0.3 is 15.1 Å². The summed E-state index contributed by atoms with van der Waals surface area (Å²) in [6, 6.07) is 6.16. The van der Waals surface area contributed by atoms with Crippen LogP contribution in [0.3, 0.4) is 0 Å². The molecule has 0 atom stereocenters. The van der Waals surface area contributed by atoms with Crippen molar-refractivity contribution in [1.29, 1.82) is 0 Å². The number of carbonyl (C=O) groups is 1. The molecule has 1 N–H and O–H groups in total. The Labute approximate surface area is 113 Å². The lowest BCUT2D eigenvalue weighted by Crippen LogP contribution is -2.49. The molecule has 0 aliphatic carbocycles. The fourth-order valence-electron chi connectivity index (χ4n) is 2.20. The molecule has 0 radical (unpaired) electrons. The van der Waals surface area contributed by atoms with E-state index in [9.17, 15) is 9.18 Å². The van der Waals surface area contributed by atoms with Crippen LogP contribution in [0.15, 0.2) is 24.3 Å². The molecule has 1 aromatic rings. The number of hydrogen-bond acceptors (Lipinski definition) is 3. The molecule has 4 nitrogen and oxygen atoms in total. The van der Waals surface area contributed by atoms with Crippen LogP contribution in [0, 0.1) is 5.82 Å². The molecule has 1 saturated heterocycles. The van der Waals surface area contributed by atoms with Crippen molar-refractivity contribution >= 4 is 11.6 Å². The first kappa shape index (κ1) is 13.8. The monoisotopic (exact) mass is 265 g/mol. The zero-order chi connectivity index (χ0) is 13.7. The van der Waals surface area contributed by atoms with Crippen LogP contribution in [-0.2, 0) is 4.79 Å². The van der Waals surface area contributed by atoms with Crippen LogP contribution in [0.5, 0.6) is 0 Å². The molecule has 0 bridgehead atoms. The van der Waals surface area contributed by atoms with E-state index < -0.39 is 0 Å². The van der Waals surface area contributed by atoms with Crippen molar-refractivity contribution in [2.24, 2.45) is 0 Å². The number of anilines is 1. The van der Waals surface area contributed by atoms with E-state index in [1.165, 1.54) is 12.1 Å². The highest BCUT2D eigenvalue weighted by Crippen LogP contribution is 2.09. The lowest BCUT2D eigenvalue weighted by Gasteiger charge is -2.34. The van der Waals surface area contributed by atoms with E-state index >= 15 is 0 Å². The second-order valence-corrected chi connectivity index (χ2v) is 4.68. The minimum Gasteiger partial charge on any atom is -0.376 e. The standard InChI is InChI=1S/C14H20FN3O/c1-2-17-6-8-18(9-7-17)14(19)11-16-13-5-3-4-12(15)10-13/h3-5,10,16H,2,6-9,11H2,1H3. The van der Waals surface area contributed by atoms with E-state index in [1.54, 1.807) is 12.1 Å². The summed E-state index contributed by atoms with van der Waals surface area (Å²) in [5, 5.41) is 2.96. The van der Waals surface area contributed by atoms with Crippen LogP contribution in [0.2, 0.25) is 0 Å². The van der Waals surface area contributed by atoms with E-state index in [0.717, 1.165) is 32.7 Å². The average Bonchev–Trinajstić information content (AvgIpc) is 2.45. The summed E-state index contributed by atoms with van der Waals surface area (Å²) in [7, 11) is 0. The van der Waals surface area contributed by atoms with Crippen molar-refractivity contribution in [2.75, 3.05) is 44.6 Å². The number of nitrogens with zero attached hydrogens (tertiary/aromatic N) is 2. The van der Waals surface area contributed by atoms with Gasteiger partial charge in [0.15, 0.2) is 0 Å². The van der Waals surface area contributed by atoms with Gasteiger partial charge in [-0.1, -0.05) is 13.0 Å². The Kier molecular flexibility index (Phi) is 4.74. The van der Waals surface area contributed by atoms with Crippen LogP contribution < -0.4 is 5.32 Å². The number of halogens is 1. The highest BCUT2D eigenvalue weighted by Gasteiger charge is 2.19. The second-order valence-electron chi connectivity index (χ2n) is 4.68. The van der Waals surface area contributed by atoms with Crippen molar-refractivity contribution in [2.45, 2.75) is 6.92 Å². The second kappa shape index (κ2) is 6.52. The molecule has 1 aliphatic heterocycles. The lowest BCUT2D eigenvalue weighted by molar-refractivity contribution is -0.131. The first-order valence-electron chi connectivity index (χ1n) is 6.68. The van der Waals surface area contributed by atoms with Crippen LogP contribution in [0.25, 0.3) is 0 Å². The average molecular weight is 265 g/mol. The summed E-state index contributed by atoms with van der Waals surface area (Å²) in [5.41, 5.74) is 0.639. The molecule has 1 aliphatic rings. The maximum atomic E-state index is 13.0. The van der Waals surface area contributed by atoms with Gasteiger partial charge in [0.05, 0.1) is 6.54 Å². The molecule has 1 amide bonds. The SMILES string of the molecule is CCN1CCN(C(=O)CNc2cccc(F)c2)CC1. The molecule has 104 valence electrons. The zero-order valence-electron chi connectivity index (χ0n) is 11.2. The Morgan fingerprint density at radius 1 is 1.32 bits per heavy atom. The molecule has 1 aromatic carbocycles. The Morgan fingerprint density at radius 2 is 2.05 bits per heavy atom. The molecule has 5 heteroatoms. The summed E-state index contributed by atoms with van der Waals surface area (Å²) in [4.78, 5) is 16.2. The van der Waals surface area contributed by atoms with Crippen LogP contribution in [-0.4, -0.2) is 55.0 Å². The lowest BCUT2D eigenvalue weighted by atomic mass is 10.3. The molecule has 0 aromatic heterocycles. The van der Waals surface area contributed by atoms with Gasteiger partial charge in [-0.3, -0.25) is 4.79 Å². The third kappa shape index (κ3) is 3.92. The van der Waals surface area contributed by atoms with E-state index in [0.29, 0.717) is 5.69 Å². The zero-order valence-corrected chi connectivity index (χ0v) is 11.2. The van der Waals surface area contributed by atoms with Gasteiger partial charge in [-0.25, -0.2) is 4.39 Å². The highest BCUT2D eigenvalue weighted by atomic mass is 19.1. The number of carbonyl (C=O) groups excluding carboxylic acids is 1. The number of hydrogen-bond donors (Lipinski definition) is 1. The highest BCUT2D eigenvalue weighted by molar-refractivity contribution is 5.81. The Balaban J connectivity index is 1.79. The molecule has 0 saturated carbocycles. The number of amides is 1. The molecule has 1 heterocycles. The molecular weight excluding hydrogens is 245 g/mol. The number of benzene rings is 1. The van der Waals surface area contributed by atoms with Gasteiger partial charge in [-0.2, -0.15) is 0 Å².